The number of aromatic nitrogens is 2. The van der Waals surface area contributed by atoms with E-state index in [0.717, 1.165) is 43.5 Å². The van der Waals surface area contributed by atoms with Crippen LogP contribution in [0.5, 0.6) is 0 Å². The summed E-state index contributed by atoms with van der Waals surface area (Å²) in [6.07, 6.45) is 10.3. The molecule has 0 saturated heterocycles. The fourth-order valence-corrected chi connectivity index (χ4v) is 3.81. The van der Waals surface area contributed by atoms with Crippen molar-refractivity contribution in [2.45, 2.75) is 84.8 Å². The monoisotopic (exact) mass is 351 g/mol. The molecule has 5 heteroatoms. The van der Waals surface area contributed by atoms with Gasteiger partial charge in [-0.2, -0.15) is 5.10 Å². The lowest BCUT2D eigenvalue weighted by Crippen LogP contribution is -2.42. The minimum Gasteiger partial charge on any atom is -0.334 e. The molecule has 1 aromatic rings. The lowest BCUT2D eigenvalue weighted by Gasteiger charge is -2.31. The zero-order valence-electron chi connectivity index (χ0n) is 15.4. The number of halogens is 1. The molecule has 0 aliphatic heterocycles. The summed E-state index contributed by atoms with van der Waals surface area (Å²) in [5.41, 5.74) is 1.73. The molecular weight excluding hydrogens is 322 g/mol. The van der Waals surface area contributed by atoms with Gasteiger partial charge in [-0.05, 0) is 46.1 Å². The van der Waals surface area contributed by atoms with E-state index in [-0.39, 0.29) is 11.9 Å². The van der Waals surface area contributed by atoms with Crippen LogP contribution in [0.2, 0.25) is 5.15 Å². The average molecular weight is 352 g/mol. The molecule has 24 heavy (non-hydrogen) atoms. The van der Waals surface area contributed by atoms with E-state index in [9.17, 15) is 4.79 Å². The van der Waals surface area contributed by atoms with Gasteiger partial charge < -0.3 is 4.90 Å². The Hall–Kier alpha value is -1.29. The molecule has 0 atom stereocenters. The highest BCUT2D eigenvalue weighted by Gasteiger charge is 2.27. The second-order valence-electron chi connectivity index (χ2n) is 6.98. The van der Waals surface area contributed by atoms with Gasteiger partial charge in [0.25, 0.3) is 0 Å². The minimum atomic E-state index is 0.0775. The van der Waals surface area contributed by atoms with E-state index in [2.05, 4.69) is 25.9 Å². The van der Waals surface area contributed by atoms with Crippen molar-refractivity contribution in [2.75, 3.05) is 0 Å². The normalized spacial score (nSPS) is 15.8. The predicted octanol–water partition coefficient (Wildman–Crippen LogP) is 4.84. The van der Waals surface area contributed by atoms with Gasteiger partial charge in [-0.1, -0.05) is 37.8 Å². The molecule has 0 spiro atoms. The predicted molar refractivity (Wildman–Crippen MR) is 100 cm³/mol. The number of rotatable bonds is 7. The van der Waals surface area contributed by atoms with Crippen molar-refractivity contribution < 1.29 is 4.79 Å². The first-order chi connectivity index (χ1) is 11.5. The highest BCUT2D eigenvalue weighted by molar-refractivity contribution is 6.31. The minimum absolute atomic E-state index is 0.0775. The van der Waals surface area contributed by atoms with E-state index in [1.165, 1.54) is 12.8 Å². The van der Waals surface area contributed by atoms with E-state index in [1.54, 1.807) is 6.08 Å². The maximum absolute atomic E-state index is 12.7. The summed E-state index contributed by atoms with van der Waals surface area (Å²) in [7, 11) is 0. The fourth-order valence-electron chi connectivity index (χ4n) is 3.49. The second-order valence-corrected chi connectivity index (χ2v) is 7.34. The Morgan fingerprint density at radius 1 is 1.42 bits per heavy atom. The molecule has 0 radical (unpaired) electrons. The Kier molecular flexibility index (Phi) is 6.90. The molecule has 0 unspecified atom stereocenters. The van der Waals surface area contributed by atoms with E-state index < -0.39 is 0 Å². The molecule has 134 valence electrons. The summed E-state index contributed by atoms with van der Waals surface area (Å²) in [5.74, 6) is 0.0775. The third-order valence-electron chi connectivity index (χ3n) is 4.75. The van der Waals surface area contributed by atoms with Gasteiger partial charge in [-0.25, -0.2) is 0 Å². The van der Waals surface area contributed by atoms with Crippen LogP contribution in [-0.2, 0) is 11.3 Å². The van der Waals surface area contributed by atoms with Crippen molar-refractivity contribution in [3.8, 4) is 0 Å². The van der Waals surface area contributed by atoms with Crippen LogP contribution in [0.25, 0.3) is 6.08 Å². The molecule has 0 aromatic carbocycles. The lowest BCUT2D eigenvalue weighted by molar-refractivity contribution is -0.130. The second kappa shape index (κ2) is 8.70. The van der Waals surface area contributed by atoms with Gasteiger partial charge in [0.2, 0.25) is 5.91 Å². The number of aryl methyl sites for hydroxylation is 2. The van der Waals surface area contributed by atoms with Gasteiger partial charge in [0.15, 0.2) is 0 Å². The standard InChI is InChI=1S/C19H30ClN3O/c1-5-6-13-22-19(20)17(15(4)21-22)11-12-18(24)23(14(2)3)16-9-7-8-10-16/h11-12,14,16H,5-10,13H2,1-4H3/b12-11+. The number of nitrogens with zero attached hydrogens (tertiary/aromatic N) is 3. The van der Waals surface area contributed by atoms with Gasteiger partial charge in [0.1, 0.15) is 5.15 Å². The van der Waals surface area contributed by atoms with Crippen LogP contribution in [0.1, 0.15) is 70.6 Å². The van der Waals surface area contributed by atoms with E-state index >= 15 is 0 Å². The Balaban J connectivity index is 2.13. The third-order valence-corrected chi connectivity index (χ3v) is 5.15. The van der Waals surface area contributed by atoms with Gasteiger partial charge in [0, 0.05) is 30.3 Å². The Labute approximate surface area is 150 Å². The number of amides is 1. The molecule has 4 nitrogen and oxygen atoms in total. The van der Waals surface area contributed by atoms with Crippen LogP contribution in [0.4, 0.5) is 0 Å². The molecule has 1 aliphatic carbocycles. The fraction of sp³-hybridized carbons (Fsp3) is 0.684. The zero-order valence-corrected chi connectivity index (χ0v) is 16.1. The third kappa shape index (κ3) is 4.41. The van der Waals surface area contributed by atoms with Crippen molar-refractivity contribution in [2.24, 2.45) is 0 Å². The highest BCUT2D eigenvalue weighted by atomic mass is 35.5. The molecule has 1 fully saturated rings. The van der Waals surface area contributed by atoms with Crippen LogP contribution < -0.4 is 0 Å². The molecule has 0 bridgehead atoms. The van der Waals surface area contributed by atoms with Crippen LogP contribution in [-0.4, -0.2) is 32.7 Å². The maximum atomic E-state index is 12.7. The number of hydrogen-bond acceptors (Lipinski definition) is 2. The molecule has 1 amide bonds. The zero-order chi connectivity index (χ0) is 17.7. The molecular formula is C19H30ClN3O. The molecule has 1 aliphatic rings. The Bertz CT molecular complexity index is 586. The SMILES string of the molecule is CCCCn1nc(C)c(/C=C/C(=O)N(C(C)C)C2CCCC2)c1Cl. The number of carbonyl (C=O) groups is 1. The molecule has 2 rings (SSSR count). The van der Waals surface area contributed by atoms with E-state index in [4.69, 9.17) is 11.6 Å². The summed E-state index contributed by atoms with van der Waals surface area (Å²) in [6, 6.07) is 0.597. The van der Waals surface area contributed by atoms with E-state index in [1.807, 2.05) is 22.6 Å². The molecule has 1 saturated carbocycles. The number of hydrogen-bond donors (Lipinski definition) is 0. The lowest BCUT2D eigenvalue weighted by atomic mass is 10.1. The number of carbonyl (C=O) groups excluding carboxylic acids is 1. The molecule has 0 N–H and O–H groups in total. The van der Waals surface area contributed by atoms with Crippen LogP contribution in [0.3, 0.4) is 0 Å². The number of unbranched alkanes of at least 4 members (excludes halogenated alkanes) is 1. The van der Waals surface area contributed by atoms with Crippen molar-refractivity contribution in [1.82, 2.24) is 14.7 Å². The van der Waals surface area contributed by atoms with Crippen molar-refractivity contribution in [3.05, 3.63) is 22.5 Å². The van der Waals surface area contributed by atoms with Crippen molar-refractivity contribution in [3.63, 3.8) is 0 Å². The summed E-state index contributed by atoms with van der Waals surface area (Å²) < 4.78 is 1.84. The summed E-state index contributed by atoms with van der Waals surface area (Å²) in [6.45, 7) is 9.08. The van der Waals surface area contributed by atoms with Crippen LogP contribution in [0.15, 0.2) is 6.08 Å². The quantitative estimate of drug-likeness (QED) is 0.659. The average Bonchev–Trinajstić information content (AvgIpc) is 3.13. The van der Waals surface area contributed by atoms with Crippen molar-refractivity contribution in [1.29, 1.82) is 0 Å². The summed E-state index contributed by atoms with van der Waals surface area (Å²) in [4.78, 5) is 14.7. The first kappa shape index (κ1) is 19.0. The smallest absolute Gasteiger partial charge is 0.247 e. The van der Waals surface area contributed by atoms with Crippen molar-refractivity contribution >= 4 is 23.6 Å². The first-order valence-electron chi connectivity index (χ1n) is 9.19. The summed E-state index contributed by atoms with van der Waals surface area (Å²) >= 11 is 6.44. The Morgan fingerprint density at radius 3 is 2.67 bits per heavy atom. The Morgan fingerprint density at radius 2 is 2.08 bits per heavy atom. The van der Waals surface area contributed by atoms with Gasteiger partial charge in [0.05, 0.1) is 5.69 Å². The molecule has 1 aromatic heterocycles. The maximum Gasteiger partial charge on any atom is 0.247 e. The highest BCUT2D eigenvalue weighted by Crippen LogP contribution is 2.26. The molecule has 1 heterocycles. The van der Waals surface area contributed by atoms with Gasteiger partial charge in [-0.3, -0.25) is 9.48 Å². The van der Waals surface area contributed by atoms with Crippen LogP contribution >= 0.6 is 11.6 Å². The first-order valence-corrected chi connectivity index (χ1v) is 9.56. The summed E-state index contributed by atoms with van der Waals surface area (Å²) in [5, 5.41) is 5.12. The topological polar surface area (TPSA) is 38.1 Å². The van der Waals surface area contributed by atoms with Gasteiger partial charge in [-0.15, -0.1) is 0 Å². The van der Waals surface area contributed by atoms with Gasteiger partial charge >= 0.3 is 0 Å². The largest absolute Gasteiger partial charge is 0.334 e. The van der Waals surface area contributed by atoms with E-state index in [0.29, 0.717) is 11.2 Å². The van der Waals surface area contributed by atoms with Crippen LogP contribution in [0, 0.1) is 6.92 Å².